The Labute approximate surface area is 173 Å². The highest BCUT2D eigenvalue weighted by molar-refractivity contribution is 9.10. The number of carbonyl (C=O) groups excluding carboxylic acids is 2. The van der Waals surface area contributed by atoms with Gasteiger partial charge in [-0.3, -0.25) is 4.79 Å². The normalized spacial score (nSPS) is 11.9. The Hall–Kier alpha value is -2.53. The van der Waals surface area contributed by atoms with E-state index in [1.807, 2.05) is 26.8 Å². The van der Waals surface area contributed by atoms with Crippen molar-refractivity contribution in [3.8, 4) is 17.6 Å². The van der Waals surface area contributed by atoms with Crippen LogP contribution >= 0.6 is 15.9 Å². The van der Waals surface area contributed by atoms with Gasteiger partial charge in [-0.1, -0.05) is 6.92 Å². The van der Waals surface area contributed by atoms with Gasteiger partial charge in [0.1, 0.15) is 11.6 Å². The Bertz CT molecular complexity index is 771. The fourth-order valence-corrected chi connectivity index (χ4v) is 2.70. The van der Waals surface area contributed by atoms with E-state index in [9.17, 15) is 14.9 Å². The topological polar surface area (TPSA) is 97.7 Å². The lowest BCUT2D eigenvalue weighted by atomic mass is 10.1. The smallest absolute Gasteiger partial charge is 0.344 e. The van der Waals surface area contributed by atoms with Crippen LogP contribution in [0.3, 0.4) is 0 Å². The molecule has 1 rings (SSSR count). The Morgan fingerprint density at radius 3 is 2.54 bits per heavy atom. The number of hydrogen-bond donors (Lipinski definition) is 1. The van der Waals surface area contributed by atoms with Crippen LogP contribution in [0.4, 0.5) is 0 Å². The molecule has 152 valence electrons. The predicted molar refractivity (Wildman–Crippen MR) is 109 cm³/mol. The fraction of sp³-hybridized carbons (Fsp3) is 0.450. The molecule has 0 unspecified atom stereocenters. The van der Waals surface area contributed by atoms with Crippen molar-refractivity contribution in [2.75, 3.05) is 19.8 Å². The number of rotatable bonds is 10. The highest BCUT2D eigenvalue weighted by Crippen LogP contribution is 2.37. The molecule has 28 heavy (non-hydrogen) atoms. The summed E-state index contributed by atoms with van der Waals surface area (Å²) in [5.74, 6) is -0.204. The van der Waals surface area contributed by atoms with Gasteiger partial charge in [-0.25, -0.2) is 4.79 Å². The number of halogens is 1. The van der Waals surface area contributed by atoms with Crippen molar-refractivity contribution in [1.29, 1.82) is 5.26 Å². The van der Waals surface area contributed by atoms with Crippen LogP contribution in [0.25, 0.3) is 6.08 Å². The van der Waals surface area contributed by atoms with E-state index < -0.39 is 11.9 Å². The van der Waals surface area contributed by atoms with E-state index in [1.165, 1.54) is 6.08 Å². The number of amides is 1. The van der Waals surface area contributed by atoms with E-state index in [1.54, 1.807) is 19.1 Å². The molecule has 0 aliphatic rings. The number of esters is 1. The summed E-state index contributed by atoms with van der Waals surface area (Å²) in [6.07, 6.45) is 2.23. The Kier molecular flexibility index (Phi) is 10.1. The first-order chi connectivity index (χ1) is 13.4. The molecule has 1 N–H and O–H groups in total. The van der Waals surface area contributed by atoms with Gasteiger partial charge in [-0.15, -0.1) is 0 Å². The maximum atomic E-state index is 12.2. The molecule has 7 nitrogen and oxygen atoms in total. The van der Waals surface area contributed by atoms with Gasteiger partial charge in [-0.05, 0) is 66.9 Å². The number of nitrogens with zero attached hydrogens (tertiary/aromatic N) is 1. The average Bonchev–Trinajstić information content (AvgIpc) is 2.65. The average molecular weight is 453 g/mol. The molecule has 0 aliphatic heterocycles. The maximum absolute atomic E-state index is 12.2. The van der Waals surface area contributed by atoms with Crippen LogP contribution in [0.1, 0.15) is 39.7 Å². The molecule has 1 atom stereocenters. The Morgan fingerprint density at radius 1 is 1.25 bits per heavy atom. The SMILES string of the molecule is CCOC(=O)COc1c(Br)cc(/C=C(\C#N)C(=O)N[C@@H](C)CC)cc1OCC. The lowest BCUT2D eigenvalue weighted by Gasteiger charge is -2.14. The summed E-state index contributed by atoms with van der Waals surface area (Å²) in [6, 6.07) is 5.21. The molecule has 0 spiro atoms. The number of benzene rings is 1. The highest BCUT2D eigenvalue weighted by Gasteiger charge is 2.16. The van der Waals surface area contributed by atoms with Crippen molar-refractivity contribution >= 4 is 33.9 Å². The van der Waals surface area contributed by atoms with Crippen LogP contribution in [0, 0.1) is 11.3 Å². The number of carbonyl (C=O) groups is 2. The van der Waals surface area contributed by atoms with E-state index >= 15 is 0 Å². The Balaban J connectivity index is 3.15. The van der Waals surface area contributed by atoms with E-state index in [2.05, 4.69) is 21.2 Å². The lowest BCUT2D eigenvalue weighted by Crippen LogP contribution is -2.32. The molecule has 1 aromatic carbocycles. The standard InChI is InChI=1S/C20H25BrN2O5/c1-5-13(4)23-20(25)15(11-22)8-14-9-16(21)19(17(10-14)26-6-2)28-12-18(24)27-7-3/h8-10,13H,5-7,12H2,1-4H3,(H,23,25)/b15-8+/t13-/m0/s1. The zero-order chi connectivity index (χ0) is 21.1. The molecule has 0 saturated heterocycles. The van der Waals surface area contributed by atoms with Crippen LogP contribution in [0.2, 0.25) is 0 Å². The summed E-state index contributed by atoms with van der Waals surface area (Å²) < 4.78 is 16.5. The predicted octanol–water partition coefficient (Wildman–Crippen LogP) is 3.61. The second kappa shape index (κ2) is 12.0. The third-order valence-corrected chi connectivity index (χ3v) is 4.23. The van der Waals surface area contributed by atoms with Crippen LogP contribution in [-0.2, 0) is 14.3 Å². The number of nitrogens with one attached hydrogen (secondary N) is 1. The summed E-state index contributed by atoms with van der Waals surface area (Å²) in [6.45, 7) is 7.71. The molecule has 0 heterocycles. The van der Waals surface area contributed by atoms with Gasteiger partial charge in [0.05, 0.1) is 17.7 Å². The number of nitriles is 1. The minimum atomic E-state index is -0.491. The molecular weight excluding hydrogens is 428 g/mol. The molecule has 8 heteroatoms. The number of hydrogen-bond acceptors (Lipinski definition) is 6. The zero-order valence-electron chi connectivity index (χ0n) is 16.5. The van der Waals surface area contributed by atoms with Crippen LogP contribution in [0.15, 0.2) is 22.2 Å². The number of ether oxygens (including phenoxy) is 3. The molecule has 0 radical (unpaired) electrons. The summed E-state index contributed by atoms with van der Waals surface area (Å²) >= 11 is 3.39. The van der Waals surface area contributed by atoms with Gasteiger partial charge in [-0.2, -0.15) is 5.26 Å². The first-order valence-electron chi connectivity index (χ1n) is 9.03. The largest absolute Gasteiger partial charge is 0.490 e. The summed E-state index contributed by atoms with van der Waals surface area (Å²) in [4.78, 5) is 23.8. The second-order valence-electron chi connectivity index (χ2n) is 5.81. The summed E-state index contributed by atoms with van der Waals surface area (Å²) in [5.41, 5.74) is 0.560. The van der Waals surface area contributed by atoms with Gasteiger partial charge in [0.25, 0.3) is 5.91 Å². The molecule has 0 bridgehead atoms. The van der Waals surface area contributed by atoms with Crippen molar-refractivity contribution in [3.05, 3.63) is 27.7 Å². The van der Waals surface area contributed by atoms with Gasteiger partial charge in [0.15, 0.2) is 18.1 Å². The van der Waals surface area contributed by atoms with Gasteiger partial charge in [0.2, 0.25) is 0 Å². The lowest BCUT2D eigenvalue weighted by molar-refractivity contribution is -0.145. The first kappa shape index (κ1) is 23.5. The van der Waals surface area contributed by atoms with E-state index in [-0.39, 0.29) is 24.8 Å². The van der Waals surface area contributed by atoms with E-state index in [4.69, 9.17) is 14.2 Å². The maximum Gasteiger partial charge on any atom is 0.344 e. The van der Waals surface area contributed by atoms with Crippen molar-refractivity contribution in [1.82, 2.24) is 5.32 Å². The van der Waals surface area contributed by atoms with Crippen molar-refractivity contribution < 1.29 is 23.8 Å². The third kappa shape index (κ3) is 7.24. The van der Waals surface area contributed by atoms with Gasteiger partial charge in [0, 0.05) is 6.04 Å². The minimum absolute atomic E-state index is 0.0187. The molecule has 1 aromatic rings. The monoisotopic (exact) mass is 452 g/mol. The van der Waals surface area contributed by atoms with Gasteiger partial charge >= 0.3 is 5.97 Å². The molecule has 0 fully saturated rings. The zero-order valence-corrected chi connectivity index (χ0v) is 18.1. The molecule has 0 saturated carbocycles. The Morgan fingerprint density at radius 2 is 1.96 bits per heavy atom. The fourth-order valence-electron chi connectivity index (χ4n) is 2.13. The quantitative estimate of drug-likeness (QED) is 0.330. The first-order valence-corrected chi connectivity index (χ1v) is 9.82. The molecule has 1 amide bonds. The minimum Gasteiger partial charge on any atom is -0.490 e. The van der Waals surface area contributed by atoms with Crippen molar-refractivity contribution in [2.24, 2.45) is 0 Å². The van der Waals surface area contributed by atoms with Crippen molar-refractivity contribution in [3.63, 3.8) is 0 Å². The van der Waals surface area contributed by atoms with E-state index in [0.717, 1.165) is 6.42 Å². The van der Waals surface area contributed by atoms with Crippen LogP contribution in [-0.4, -0.2) is 37.7 Å². The second-order valence-corrected chi connectivity index (χ2v) is 6.66. The molecule has 0 aromatic heterocycles. The van der Waals surface area contributed by atoms with Crippen LogP contribution < -0.4 is 14.8 Å². The van der Waals surface area contributed by atoms with Crippen molar-refractivity contribution in [2.45, 2.75) is 40.2 Å². The summed E-state index contributed by atoms with van der Waals surface area (Å²) in [5, 5.41) is 12.1. The highest BCUT2D eigenvalue weighted by atomic mass is 79.9. The molecule has 0 aliphatic carbocycles. The van der Waals surface area contributed by atoms with E-state index in [0.29, 0.717) is 28.1 Å². The summed E-state index contributed by atoms with van der Waals surface area (Å²) in [7, 11) is 0. The molecular formula is C20H25BrN2O5. The van der Waals surface area contributed by atoms with Gasteiger partial charge < -0.3 is 19.5 Å². The third-order valence-electron chi connectivity index (χ3n) is 3.64. The van der Waals surface area contributed by atoms with Crippen LogP contribution in [0.5, 0.6) is 11.5 Å².